The van der Waals surface area contributed by atoms with Crippen LogP contribution in [0.4, 0.5) is 17.3 Å². The molecule has 4 heterocycles. The van der Waals surface area contributed by atoms with Gasteiger partial charge in [-0.05, 0) is 49.4 Å². The van der Waals surface area contributed by atoms with E-state index >= 15 is 0 Å². The Kier molecular flexibility index (Phi) is 8.64. The number of carbonyl (C=O) groups excluding carboxylic acids is 1. The number of nitriles is 1. The molecule has 0 saturated carbocycles. The highest BCUT2D eigenvalue weighted by atomic mass is 16.5. The van der Waals surface area contributed by atoms with Crippen LogP contribution in [0.2, 0.25) is 0 Å². The minimum absolute atomic E-state index is 0.123. The van der Waals surface area contributed by atoms with Crippen LogP contribution < -0.4 is 15.0 Å². The maximum Gasteiger partial charge on any atom is 0.251 e. The molecule has 1 amide bonds. The first kappa shape index (κ1) is 28.8. The van der Waals surface area contributed by atoms with E-state index in [2.05, 4.69) is 48.3 Å². The summed E-state index contributed by atoms with van der Waals surface area (Å²) in [6.45, 7) is 8.30. The number of aliphatic hydroxyl groups excluding tert-OH is 1. The predicted octanol–water partition coefficient (Wildman–Crippen LogP) is 2.43. The van der Waals surface area contributed by atoms with E-state index in [4.69, 9.17) is 9.47 Å². The van der Waals surface area contributed by atoms with Crippen molar-refractivity contribution in [3.8, 4) is 23.2 Å². The Balaban J connectivity index is 1.06. The molecule has 1 aromatic heterocycles. The van der Waals surface area contributed by atoms with E-state index in [0.717, 1.165) is 45.1 Å². The maximum absolute atomic E-state index is 12.0. The Morgan fingerprint density at radius 2 is 1.81 bits per heavy atom. The van der Waals surface area contributed by atoms with E-state index in [0.29, 0.717) is 60.6 Å². The van der Waals surface area contributed by atoms with Crippen LogP contribution in [0.1, 0.15) is 25.3 Å². The van der Waals surface area contributed by atoms with E-state index < -0.39 is 6.10 Å². The summed E-state index contributed by atoms with van der Waals surface area (Å²) < 4.78 is 11.5. The van der Waals surface area contributed by atoms with E-state index in [1.807, 2.05) is 18.2 Å². The minimum atomic E-state index is -1.01. The van der Waals surface area contributed by atoms with Gasteiger partial charge in [-0.3, -0.25) is 9.69 Å². The fourth-order valence-electron chi connectivity index (χ4n) is 5.66. The number of benzene rings is 2. The highest BCUT2D eigenvalue weighted by Gasteiger charge is 2.29. The Morgan fingerprint density at radius 1 is 1.07 bits per heavy atom. The van der Waals surface area contributed by atoms with Gasteiger partial charge in [0, 0.05) is 69.0 Å². The number of carbonyl (C=O) groups is 1. The summed E-state index contributed by atoms with van der Waals surface area (Å²) in [5.74, 6) is 1.06. The predicted molar refractivity (Wildman–Crippen MR) is 160 cm³/mol. The number of nitrogens with one attached hydrogen (secondary N) is 1. The standard InChI is InChI=1S/C31H36N8O4/c1-21(40)30(41)39-10-8-27(9-11-39)43-28-7-2-22(16-23(28)17-32)29-33-20-34-31(36-29)35-24-3-5-25(6-4-24)37-12-14-38(15-13-37)26-18-42-19-26/h2-7,16,20-21,26-27,40H,8-15,18-19H2,1H3,(H,33,34,35,36). The van der Waals surface area contributed by atoms with Crippen molar-refractivity contribution >= 4 is 23.2 Å². The van der Waals surface area contributed by atoms with Gasteiger partial charge < -0.3 is 29.7 Å². The van der Waals surface area contributed by atoms with Gasteiger partial charge in [-0.1, -0.05) is 0 Å². The van der Waals surface area contributed by atoms with Gasteiger partial charge in [0.1, 0.15) is 30.4 Å². The van der Waals surface area contributed by atoms with E-state index in [9.17, 15) is 15.2 Å². The second-order valence-corrected chi connectivity index (χ2v) is 11.2. The number of aromatic nitrogens is 3. The summed E-state index contributed by atoms with van der Waals surface area (Å²) in [5.41, 5.74) is 3.12. The Morgan fingerprint density at radius 3 is 2.47 bits per heavy atom. The summed E-state index contributed by atoms with van der Waals surface area (Å²) in [4.78, 5) is 31.8. The number of hydrogen-bond acceptors (Lipinski definition) is 11. The number of aliphatic hydroxyl groups is 1. The molecule has 1 atom stereocenters. The lowest BCUT2D eigenvalue weighted by molar-refractivity contribution is -0.141. The third-order valence-electron chi connectivity index (χ3n) is 8.27. The normalized spacial score (nSPS) is 18.9. The summed E-state index contributed by atoms with van der Waals surface area (Å²) in [6.07, 6.45) is 1.57. The molecule has 6 rings (SSSR count). The molecule has 3 aliphatic heterocycles. The molecule has 1 unspecified atom stereocenters. The van der Waals surface area contributed by atoms with Crippen LogP contribution in [-0.2, 0) is 9.53 Å². The first-order chi connectivity index (χ1) is 21.0. The molecule has 3 aliphatic rings. The number of anilines is 3. The Hall–Kier alpha value is -4.31. The molecule has 12 heteroatoms. The molecule has 12 nitrogen and oxygen atoms in total. The third kappa shape index (κ3) is 6.69. The van der Waals surface area contributed by atoms with Crippen LogP contribution in [0.5, 0.6) is 5.75 Å². The first-order valence-corrected chi connectivity index (χ1v) is 14.8. The molecule has 0 spiro atoms. The lowest BCUT2D eigenvalue weighted by atomic mass is 10.1. The fraction of sp³-hybridized carbons (Fsp3) is 0.452. The SMILES string of the molecule is CC(O)C(=O)N1CCC(Oc2ccc(-c3ncnc(Nc4ccc(N5CCN(C6COC6)CC5)cc4)n3)cc2C#N)CC1. The van der Waals surface area contributed by atoms with E-state index in [1.54, 1.807) is 17.0 Å². The summed E-state index contributed by atoms with van der Waals surface area (Å²) >= 11 is 0. The molecule has 43 heavy (non-hydrogen) atoms. The van der Waals surface area contributed by atoms with Gasteiger partial charge in [0.25, 0.3) is 5.91 Å². The lowest BCUT2D eigenvalue weighted by Gasteiger charge is -2.43. The van der Waals surface area contributed by atoms with Crippen LogP contribution >= 0.6 is 0 Å². The van der Waals surface area contributed by atoms with Crippen molar-refractivity contribution in [2.45, 2.75) is 38.0 Å². The van der Waals surface area contributed by atoms with Gasteiger partial charge in [0.2, 0.25) is 5.95 Å². The van der Waals surface area contributed by atoms with Crippen molar-refractivity contribution in [1.29, 1.82) is 5.26 Å². The quantitative estimate of drug-likeness (QED) is 0.403. The van der Waals surface area contributed by atoms with Crippen LogP contribution in [-0.4, -0.2) is 106 Å². The number of piperidine rings is 1. The van der Waals surface area contributed by atoms with Crippen LogP contribution in [0, 0.1) is 11.3 Å². The van der Waals surface area contributed by atoms with Gasteiger partial charge >= 0.3 is 0 Å². The molecule has 0 bridgehead atoms. The van der Waals surface area contributed by atoms with Gasteiger partial charge in [0.15, 0.2) is 5.82 Å². The smallest absolute Gasteiger partial charge is 0.251 e. The number of amides is 1. The van der Waals surface area contributed by atoms with Crippen LogP contribution in [0.15, 0.2) is 48.8 Å². The second-order valence-electron chi connectivity index (χ2n) is 11.2. The van der Waals surface area contributed by atoms with Crippen molar-refractivity contribution < 1.29 is 19.4 Å². The number of ether oxygens (including phenoxy) is 2. The van der Waals surface area contributed by atoms with Crippen molar-refractivity contribution in [2.24, 2.45) is 0 Å². The van der Waals surface area contributed by atoms with Crippen LogP contribution in [0.25, 0.3) is 11.4 Å². The highest BCUT2D eigenvalue weighted by Crippen LogP contribution is 2.28. The number of nitrogens with zero attached hydrogens (tertiary/aromatic N) is 7. The Labute approximate surface area is 250 Å². The molecule has 0 radical (unpaired) electrons. The van der Waals surface area contributed by atoms with Crippen LogP contribution in [0.3, 0.4) is 0 Å². The average Bonchev–Trinajstić information content (AvgIpc) is 3.01. The molecule has 3 saturated heterocycles. The van der Waals surface area contributed by atoms with Gasteiger partial charge in [-0.15, -0.1) is 0 Å². The molecule has 2 aromatic carbocycles. The van der Waals surface area contributed by atoms with Gasteiger partial charge in [-0.25, -0.2) is 9.97 Å². The third-order valence-corrected chi connectivity index (χ3v) is 8.27. The molecule has 3 aromatic rings. The topological polar surface area (TPSA) is 140 Å². The molecule has 2 N–H and O–H groups in total. The number of piperazine rings is 1. The number of hydrogen-bond donors (Lipinski definition) is 2. The molecular formula is C31H36N8O4. The first-order valence-electron chi connectivity index (χ1n) is 14.8. The zero-order chi connectivity index (χ0) is 29.8. The molecule has 0 aliphatic carbocycles. The van der Waals surface area contributed by atoms with Gasteiger partial charge in [0.05, 0.1) is 24.8 Å². The van der Waals surface area contributed by atoms with Crippen molar-refractivity contribution in [1.82, 2.24) is 24.8 Å². The van der Waals surface area contributed by atoms with E-state index in [1.165, 1.54) is 18.9 Å². The zero-order valence-corrected chi connectivity index (χ0v) is 24.2. The number of likely N-dealkylation sites (tertiary alicyclic amines) is 1. The fourth-order valence-corrected chi connectivity index (χ4v) is 5.66. The molecular weight excluding hydrogens is 548 g/mol. The monoisotopic (exact) mass is 584 g/mol. The summed E-state index contributed by atoms with van der Waals surface area (Å²) in [6, 6.07) is 16.4. The van der Waals surface area contributed by atoms with Crippen molar-refractivity contribution in [3.05, 3.63) is 54.4 Å². The number of rotatable bonds is 8. The Bertz CT molecular complexity index is 1460. The summed E-state index contributed by atoms with van der Waals surface area (Å²) in [7, 11) is 0. The lowest BCUT2D eigenvalue weighted by Crippen LogP contribution is -2.56. The molecule has 224 valence electrons. The second kappa shape index (κ2) is 12.9. The van der Waals surface area contributed by atoms with Crippen molar-refractivity contribution in [3.63, 3.8) is 0 Å². The highest BCUT2D eigenvalue weighted by molar-refractivity contribution is 5.80. The summed E-state index contributed by atoms with van der Waals surface area (Å²) in [5, 5.41) is 22.6. The molecule has 3 fully saturated rings. The minimum Gasteiger partial charge on any atom is -0.489 e. The largest absolute Gasteiger partial charge is 0.489 e. The maximum atomic E-state index is 12.0. The zero-order valence-electron chi connectivity index (χ0n) is 24.2. The van der Waals surface area contributed by atoms with Gasteiger partial charge in [-0.2, -0.15) is 10.2 Å². The average molecular weight is 585 g/mol. The van der Waals surface area contributed by atoms with E-state index in [-0.39, 0.29) is 12.0 Å². The van der Waals surface area contributed by atoms with Crippen molar-refractivity contribution in [2.75, 3.05) is 62.7 Å².